The van der Waals surface area contributed by atoms with Crippen molar-refractivity contribution in [1.82, 2.24) is 0 Å². The summed E-state index contributed by atoms with van der Waals surface area (Å²) in [6.07, 6.45) is 5.38. The minimum absolute atomic E-state index is 0.634. The molecule has 88 valence electrons. The van der Waals surface area contributed by atoms with Gasteiger partial charge in [-0.05, 0) is 54.9 Å². The molecule has 0 amide bonds. The Balaban J connectivity index is 1.92. The lowest BCUT2D eigenvalue weighted by Gasteiger charge is -2.23. The Morgan fingerprint density at radius 3 is 2.76 bits per heavy atom. The van der Waals surface area contributed by atoms with Crippen molar-refractivity contribution < 1.29 is 4.42 Å². The molecule has 1 nitrogen and oxygen atoms in total. The number of hydrogen-bond donors (Lipinski definition) is 0. The molecule has 1 aromatic carbocycles. The van der Waals surface area contributed by atoms with E-state index < -0.39 is 0 Å². The molecule has 2 aromatic rings. The molecule has 1 aromatic heterocycles. The maximum absolute atomic E-state index is 5.68. The third-order valence-electron chi connectivity index (χ3n) is 3.99. The van der Waals surface area contributed by atoms with Crippen LogP contribution < -0.4 is 0 Å². The van der Waals surface area contributed by atoms with Crippen molar-refractivity contribution in [3.05, 3.63) is 58.5 Å². The predicted octanol–water partition coefficient (Wildman–Crippen LogP) is 4.17. The topological polar surface area (TPSA) is 13.1 Å². The lowest BCUT2D eigenvalue weighted by atomic mass is 9.81. The monoisotopic (exact) mass is 226 g/mol. The van der Waals surface area contributed by atoms with Gasteiger partial charge in [0.25, 0.3) is 0 Å². The Kier molecular flexibility index (Phi) is 2.54. The van der Waals surface area contributed by atoms with E-state index in [9.17, 15) is 0 Å². The zero-order valence-corrected chi connectivity index (χ0v) is 10.5. The lowest BCUT2D eigenvalue weighted by molar-refractivity contribution is 0.450. The third-order valence-corrected chi connectivity index (χ3v) is 3.99. The zero-order valence-electron chi connectivity index (χ0n) is 10.5. The van der Waals surface area contributed by atoms with E-state index >= 15 is 0 Å². The fourth-order valence-electron chi connectivity index (χ4n) is 2.98. The van der Waals surface area contributed by atoms with Gasteiger partial charge in [0.05, 0.1) is 6.26 Å². The van der Waals surface area contributed by atoms with Gasteiger partial charge in [-0.3, -0.25) is 0 Å². The van der Waals surface area contributed by atoms with E-state index in [1.54, 1.807) is 0 Å². The van der Waals surface area contributed by atoms with Gasteiger partial charge in [0, 0.05) is 6.42 Å². The van der Waals surface area contributed by atoms with E-state index in [2.05, 4.69) is 38.1 Å². The SMILES string of the molecule is Cc1ccccc1C1CCc2c(C)coc2C1. The van der Waals surface area contributed by atoms with Gasteiger partial charge in [-0.25, -0.2) is 0 Å². The summed E-state index contributed by atoms with van der Waals surface area (Å²) in [5.41, 5.74) is 5.68. The number of furan rings is 1. The van der Waals surface area contributed by atoms with Crippen LogP contribution in [0.4, 0.5) is 0 Å². The summed E-state index contributed by atoms with van der Waals surface area (Å²) >= 11 is 0. The van der Waals surface area contributed by atoms with Crippen molar-refractivity contribution in [2.45, 2.75) is 39.0 Å². The summed E-state index contributed by atoms with van der Waals surface area (Å²) in [5.74, 6) is 1.84. The molecule has 1 aliphatic carbocycles. The van der Waals surface area contributed by atoms with Crippen molar-refractivity contribution >= 4 is 0 Å². The van der Waals surface area contributed by atoms with Gasteiger partial charge in [0.2, 0.25) is 0 Å². The molecule has 1 heteroatoms. The Hall–Kier alpha value is -1.50. The second-order valence-corrected chi connectivity index (χ2v) is 5.12. The number of aryl methyl sites for hydroxylation is 2. The van der Waals surface area contributed by atoms with Gasteiger partial charge in [0.15, 0.2) is 0 Å². The number of hydrogen-bond acceptors (Lipinski definition) is 1. The van der Waals surface area contributed by atoms with Crippen LogP contribution in [0.15, 0.2) is 34.9 Å². The average molecular weight is 226 g/mol. The van der Waals surface area contributed by atoms with Crippen LogP contribution >= 0.6 is 0 Å². The van der Waals surface area contributed by atoms with E-state index in [1.807, 2.05) is 6.26 Å². The summed E-state index contributed by atoms with van der Waals surface area (Å²) in [6, 6.07) is 8.73. The van der Waals surface area contributed by atoms with E-state index in [0.29, 0.717) is 5.92 Å². The van der Waals surface area contributed by atoms with Gasteiger partial charge >= 0.3 is 0 Å². The molecule has 1 heterocycles. The first-order valence-corrected chi connectivity index (χ1v) is 6.37. The molecule has 3 rings (SSSR count). The summed E-state index contributed by atoms with van der Waals surface area (Å²) in [4.78, 5) is 0. The number of fused-ring (bicyclic) bond motifs is 1. The fraction of sp³-hybridized carbons (Fsp3) is 0.375. The van der Waals surface area contributed by atoms with Gasteiger partial charge in [-0.1, -0.05) is 24.3 Å². The van der Waals surface area contributed by atoms with Crippen molar-refractivity contribution in [3.8, 4) is 0 Å². The van der Waals surface area contributed by atoms with Crippen molar-refractivity contribution in [2.75, 3.05) is 0 Å². The molecular formula is C16H18O. The highest BCUT2D eigenvalue weighted by atomic mass is 16.3. The average Bonchev–Trinajstić information content (AvgIpc) is 2.71. The van der Waals surface area contributed by atoms with Gasteiger partial charge < -0.3 is 4.42 Å². The molecule has 0 spiro atoms. The summed E-state index contributed by atoms with van der Waals surface area (Å²) in [5, 5.41) is 0. The molecule has 1 unspecified atom stereocenters. The first-order valence-electron chi connectivity index (χ1n) is 6.37. The maximum Gasteiger partial charge on any atom is 0.107 e. The smallest absolute Gasteiger partial charge is 0.107 e. The highest BCUT2D eigenvalue weighted by Gasteiger charge is 2.24. The van der Waals surface area contributed by atoms with Crippen LogP contribution in [0, 0.1) is 13.8 Å². The van der Waals surface area contributed by atoms with E-state index in [-0.39, 0.29) is 0 Å². The highest BCUT2D eigenvalue weighted by Crippen LogP contribution is 2.35. The van der Waals surface area contributed by atoms with Crippen molar-refractivity contribution in [3.63, 3.8) is 0 Å². The largest absolute Gasteiger partial charge is 0.469 e. The third kappa shape index (κ3) is 1.80. The van der Waals surface area contributed by atoms with E-state index in [1.165, 1.54) is 34.4 Å². The molecule has 0 N–H and O–H groups in total. The maximum atomic E-state index is 5.68. The van der Waals surface area contributed by atoms with Crippen molar-refractivity contribution in [2.24, 2.45) is 0 Å². The summed E-state index contributed by atoms with van der Waals surface area (Å²) < 4.78 is 5.68. The van der Waals surface area contributed by atoms with E-state index in [4.69, 9.17) is 4.42 Å². The number of rotatable bonds is 1. The van der Waals surface area contributed by atoms with Crippen LogP contribution in [0.5, 0.6) is 0 Å². The molecule has 0 fully saturated rings. The van der Waals surface area contributed by atoms with Gasteiger partial charge in [-0.2, -0.15) is 0 Å². The Labute approximate surface area is 102 Å². The van der Waals surface area contributed by atoms with Crippen molar-refractivity contribution in [1.29, 1.82) is 0 Å². The van der Waals surface area contributed by atoms with Crippen LogP contribution in [0.3, 0.4) is 0 Å². The van der Waals surface area contributed by atoms with E-state index in [0.717, 1.165) is 12.8 Å². The zero-order chi connectivity index (χ0) is 11.8. The van der Waals surface area contributed by atoms with Gasteiger partial charge in [-0.15, -0.1) is 0 Å². The molecule has 0 aliphatic heterocycles. The molecular weight excluding hydrogens is 208 g/mol. The molecule has 0 saturated heterocycles. The standard InChI is InChI=1S/C16H18O/c1-11-5-3-4-6-14(11)13-7-8-15-12(2)10-17-16(15)9-13/h3-6,10,13H,7-9H2,1-2H3. The molecule has 0 bridgehead atoms. The lowest BCUT2D eigenvalue weighted by Crippen LogP contribution is -2.12. The molecule has 1 aliphatic rings. The minimum atomic E-state index is 0.634. The predicted molar refractivity (Wildman–Crippen MR) is 69.4 cm³/mol. The molecule has 0 radical (unpaired) electrons. The minimum Gasteiger partial charge on any atom is -0.469 e. The molecule has 1 atom stereocenters. The second-order valence-electron chi connectivity index (χ2n) is 5.12. The molecule has 17 heavy (non-hydrogen) atoms. The van der Waals surface area contributed by atoms with Crippen LogP contribution in [0.1, 0.15) is 40.4 Å². The van der Waals surface area contributed by atoms with Gasteiger partial charge in [0.1, 0.15) is 5.76 Å². The Morgan fingerprint density at radius 2 is 1.94 bits per heavy atom. The second kappa shape index (κ2) is 4.06. The summed E-state index contributed by atoms with van der Waals surface area (Å²) in [7, 11) is 0. The van der Waals surface area contributed by atoms with Crippen LogP contribution in [0.2, 0.25) is 0 Å². The quantitative estimate of drug-likeness (QED) is 0.711. The normalized spacial score (nSPS) is 19.1. The number of benzene rings is 1. The first kappa shape index (κ1) is 10.6. The first-order chi connectivity index (χ1) is 8.25. The Bertz CT molecular complexity index is 536. The molecule has 0 saturated carbocycles. The fourth-order valence-corrected chi connectivity index (χ4v) is 2.98. The van der Waals surface area contributed by atoms with Crippen LogP contribution in [0.25, 0.3) is 0 Å². The van der Waals surface area contributed by atoms with Crippen LogP contribution in [-0.2, 0) is 12.8 Å². The van der Waals surface area contributed by atoms with Crippen LogP contribution in [-0.4, -0.2) is 0 Å². The highest BCUT2D eigenvalue weighted by molar-refractivity contribution is 5.35. The Morgan fingerprint density at radius 1 is 1.12 bits per heavy atom. The summed E-state index contributed by atoms with van der Waals surface area (Å²) in [6.45, 7) is 4.36.